The van der Waals surface area contributed by atoms with Crippen molar-refractivity contribution in [2.45, 2.75) is 33.1 Å². The predicted octanol–water partition coefficient (Wildman–Crippen LogP) is 3.52. The number of aliphatic hydroxyl groups excluding tert-OH is 1. The van der Waals surface area contributed by atoms with Gasteiger partial charge >= 0.3 is 0 Å². The third kappa shape index (κ3) is 3.06. The van der Waals surface area contributed by atoms with Crippen molar-refractivity contribution in [3.63, 3.8) is 0 Å². The van der Waals surface area contributed by atoms with E-state index < -0.39 is 0 Å². The Kier molecular flexibility index (Phi) is 3.85. The fraction of sp³-hybridized carbons (Fsp3) is 0.600. The second-order valence-electron chi connectivity index (χ2n) is 6.57. The molecule has 1 aromatic rings. The molecule has 4 heteroatoms. The molecule has 0 aliphatic carbocycles. The minimum Gasteiger partial charge on any atom is -0.489 e. The molecule has 0 amide bonds. The van der Waals surface area contributed by atoms with Crippen LogP contribution in [0.4, 0.5) is 0 Å². The van der Waals surface area contributed by atoms with Crippen molar-refractivity contribution in [3.8, 4) is 11.5 Å². The van der Waals surface area contributed by atoms with Crippen LogP contribution in [-0.2, 0) is 5.41 Å². The predicted molar refractivity (Wildman–Crippen MR) is 79.0 cm³/mol. The maximum absolute atomic E-state index is 9.49. The van der Waals surface area contributed by atoms with E-state index in [1.165, 1.54) is 0 Å². The van der Waals surface area contributed by atoms with Gasteiger partial charge in [-0.3, -0.25) is 0 Å². The molecule has 0 spiro atoms. The summed E-state index contributed by atoms with van der Waals surface area (Å²) in [5.74, 6) is 1.50. The Labute approximate surface area is 123 Å². The Hall–Kier alpha value is -0.740. The summed E-state index contributed by atoms with van der Waals surface area (Å²) in [6.07, 6.45) is 0. The SMILES string of the molecule is CC1(C)COc2cc(C(C)(C)CO)cc(Br)c2OC1. The lowest BCUT2D eigenvalue weighted by molar-refractivity contribution is 0.140. The number of ether oxygens (including phenoxy) is 2. The minimum atomic E-state index is -0.303. The van der Waals surface area contributed by atoms with E-state index in [-0.39, 0.29) is 17.4 Å². The minimum absolute atomic E-state index is 0.00881. The van der Waals surface area contributed by atoms with E-state index in [1.807, 2.05) is 26.0 Å². The van der Waals surface area contributed by atoms with Crippen molar-refractivity contribution in [2.75, 3.05) is 19.8 Å². The molecule has 0 atom stereocenters. The number of aliphatic hydroxyl groups is 1. The highest BCUT2D eigenvalue weighted by Gasteiger charge is 2.29. The Morgan fingerprint density at radius 2 is 1.89 bits per heavy atom. The molecule has 2 rings (SSSR count). The summed E-state index contributed by atoms with van der Waals surface area (Å²) in [5, 5.41) is 9.49. The van der Waals surface area contributed by atoms with Gasteiger partial charge in [-0.05, 0) is 33.6 Å². The molecule has 0 unspecified atom stereocenters. The molecular weight excluding hydrogens is 308 g/mol. The number of rotatable bonds is 2. The molecule has 0 fully saturated rings. The third-order valence-corrected chi connectivity index (χ3v) is 4.00. The topological polar surface area (TPSA) is 38.7 Å². The summed E-state index contributed by atoms with van der Waals surface area (Å²) < 4.78 is 12.6. The van der Waals surface area contributed by atoms with Crippen molar-refractivity contribution < 1.29 is 14.6 Å². The smallest absolute Gasteiger partial charge is 0.175 e. The van der Waals surface area contributed by atoms with Gasteiger partial charge in [0.15, 0.2) is 11.5 Å². The Morgan fingerprint density at radius 3 is 2.53 bits per heavy atom. The first kappa shape index (κ1) is 14.7. The maximum Gasteiger partial charge on any atom is 0.175 e. The van der Waals surface area contributed by atoms with E-state index in [1.54, 1.807) is 0 Å². The molecular formula is C15H21BrO3. The number of hydrogen-bond acceptors (Lipinski definition) is 3. The molecule has 0 saturated carbocycles. The first-order valence-electron chi connectivity index (χ1n) is 6.46. The zero-order valence-electron chi connectivity index (χ0n) is 11.9. The van der Waals surface area contributed by atoms with Gasteiger partial charge in [0.1, 0.15) is 0 Å². The molecule has 0 saturated heterocycles. The van der Waals surface area contributed by atoms with Crippen LogP contribution in [0.25, 0.3) is 0 Å². The third-order valence-electron chi connectivity index (χ3n) is 3.41. The van der Waals surface area contributed by atoms with Crippen LogP contribution >= 0.6 is 15.9 Å². The lowest BCUT2D eigenvalue weighted by Gasteiger charge is -2.24. The highest BCUT2D eigenvalue weighted by Crippen LogP contribution is 2.42. The number of benzene rings is 1. The average molecular weight is 329 g/mol. The molecule has 1 heterocycles. The average Bonchev–Trinajstić information content (AvgIpc) is 2.49. The summed E-state index contributed by atoms with van der Waals surface area (Å²) in [6.45, 7) is 9.57. The summed E-state index contributed by atoms with van der Waals surface area (Å²) in [6, 6.07) is 3.97. The normalized spacial score (nSPS) is 18.0. The molecule has 0 aromatic heterocycles. The molecule has 19 heavy (non-hydrogen) atoms. The van der Waals surface area contributed by atoms with Gasteiger partial charge in [0.25, 0.3) is 0 Å². The standard InChI is InChI=1S/C15H21BrO3/c1-14(2)8-18-12-6-10(15(3,4)7-17)5-11(16)13(12)19-9-14/h5-6,17H,7-9H2,1-4H3. The van der Waals surface area contributed by atoms with Crippen LogP contribution in [0.3, 0.4) is 0 Å². The molecule has 3 nitrogen and oxygen atoms in total. The lowest BCUT2D eigenvalue weighted by Crippen LogP contribution is -2.26. The zero-order valence-corrected chi connectivity index (χ0v) is 13.5. The highest BCUT2D eigenvalue weighted by molar-refractivity contribution is 9.10. The molecule has 1 aliphatic heterocycles. The molecule has 106 valence electrons. The van der Waals surface area contributed by atoms with Crippen molar-refractivity contribution in [1.82, 2.24) is 0 Å². The van der Waals surface area contributed by atoms with Gasteiger partial charge in [0.2, 0.25) is 0 Å². The molecule has 1 aliphatic rings. The maximum atomic E-state index is 9.49. The fourth-order valence-corrected chi connectivity index (χ4v) is 2.44. The van der Waals surface area contributed by atoms with Crippen molar-refractivity contribution >= 4 is 15.9 Å². The number of hydrogen-bond donors (Lipinski definition) is 1. The van der Waals surface area contributed by atoms with Crippen LogP contribution in [0, 0.1) is 5.41 Å². The number of fused-ring (bicyclic) bond motifs is 1. The second kappa shape index (κ2) is 4.98. The molecule has 0 radical (unpaired) electrons. The van der Waals surface area contributed by atoms with Gasteiger partial charge in [0, 0.05) is 10.8 Å². The van der Waals surface area contributed by atoms with Crippen LogP contribution in [0.1, 0.15) is 33.3 Å². The van der Waals surface area contributed by atoms with Gasteiger partial charge in [-0.15, -0.1) is 0 Å². The fourth-order valence-electron chi connectivity index (χ4n) is 1.88. The summed E-state index contributed by atoms with van der Waals surface area (Å²) >= 11 is 3.54. The van der Waals surface area contributed by atoms with E-state index in [0.717, 1.165) is 21.5 Å². The number of halogens is 1. The lowest BCUT2D eigenvalue weighted by atomic mass is 9.85. The van der Waals surface area contributed by atoms with Crippen LogP contribution in [0.15, 0.2) is 16.6 Å². The monoisotopic (exact) mass is 328 g/mol. The summed E-state index contributed by atoms with van der Waals surface area (Å²) in [4.78, 5) is 0. The highest BCUT2D eigenvalue weighted by atomic mass is 79.9. The van der Waals surface area contributed by atoms with Gasteiger partial charge in [-0.2, -0.15) is 0 Å². The quantitative estimate of drug-likeness (QED) is 0.902. The Bertz CT molecular complexity index is 481. The van der Waals surface area contributed by atoms with E-state index in [2.05, 4.69) is 29.8 Å². The zero-order chi connectivity index (χ0) is 14.3. The Balaban J connectivity index is 2.43. The van der Waals surface area contributed by atoms with Gasteiger partial charge in [-0.25, -0.2) is 0 Å². The van der Waals surface area contributed by atoms with E-state index >= 15 is 0 Å². The summed E-state index contributed by atoms with van der Waals surface area (Å²) in [7, 11) is 0. The van der Waals surface area contributed by atoms with Gasteiger partial charge < -0.3 is 14.6 Å². The largest absolute Gasteiger partial charge is 0.489 e. The van der Waals surface area contributed by atoms with Crippen LogP contribution in [0.5, 0.6) is 11.5 Å². The van der Waals surface area contributed by atoms with Crippen molar-refractivity contribution in [3.05, 3.63) is 22.2 Å². The van der Waals surface area contributed by atoms with Crippen LogP contribution < -0.4 is 9.47 Å². The molecule has 1 N–H and O–H groups in total. The first-order valence-corrected chi connectivity index (χ1v) is 7.25. The van der Waals surface area contributed by atoms with Crippen molar-refractivity contribution in [2.24, 2.45) is 5.41 Å². The van der Waals surface area contributed by atoms with E-state index in [9.17, 15) is 5.11 Å². The first-order chi connectivity index (χ1) is 8.75. The Morgan fingerprint density at radius 1 is 1.26 bits per heavy atom. The molecule has 0 bridgehead atoms. The van der Waals surface area contributed by atoms with Crippen LogP contribution in [-0.4, -0.2) is 24.9 Å². The van der Waals surface area contributed by atoms with Crippen molar-refractivity contribution in [1.29, 1.82) is 0 Å². The van der Waals surface area contributed by atoms with Crippen LogP contribution in [0.2, 0.25) is 0 Å². The summed E-state index contributed by atoms with van der Waals surface area (Å²) in [5.41, 5.74) is 0.720. The van der Waals surface area contributed by atoms with E-state index in [0.29, 0.717) is 13.2 Å². The second-order valence-corrected chi connectivity index (χ2v) is 7.42. The molecule has 1 aromatic carbocycles. The van der Waals surface area contributed by atoms with Gasteiger partial charge in [0.05, 0.1) is 24.3 Å². The van der Waals surface area contributed by atoms with Gasteiger partial charge in [-0.1, -0.05) is 27.7 Å². The van der Waals surface area contributed by atoms with E-state index in [4.69, 9.17) is 9.47 Å².